The molecule has 0 saturated heterocycles. The van der Waals surface area contributed by atoms with Gasteiger partial charge in [0.15, 0.2) is 0 Å². The highest BCUT2D eigenvalue weighted by Crippen LogP contribution is 2.08. The van der Waals surface area contributed by atoms with Gasteiger partial charge in [0.1, 0.15) is 0 Å². The molecular weight excluding hydrogens is 246 g/mol. The van der Waals surface area contributed by atoms with Gasteiger partial charge in [0.2, 0.25) is 5.91 Å². The van der Waals surface area contributed by atoms with Crippen molar-refractivity contribution in [2.75, 3.05) is 20.6 Å². The van der Waals surface area contributed by atoms with Crippen molar-refractivity contribution in [1.29, 1.82) is 0 Å². The molecule has 0 aliphatic heterocycles. The van der Waals surface area contributed by atoms with Crippen LogP contribution in [0, 0.1) is 5.92 Å². The Labute approximate surface area is 115 Å². The monoisotopic (exact) mass is 273 g/mol. The number of nitrogens with zero attached hydrogens (tertiary/aromatic N) is 1. The Balaban J connectivity index is 4.13. The number of nitrogens with two attached hydrogens (primary N) is 1. The second kappa shape index (κ2) is 8.87. The zero-order valence-corrected chi connectivity index (χ0v) is 12.3. The van der Waals surface area contributed by atoms with Crippen molar-refractivity contribution in [3.8, 4) is 0 Å². The van der Waals surface area contributed by atoms with E-state index in [2.05, 4.69) is 24.1 Å². The van der Waals surface area contributed by atoms with Crippen molar-refractivity contribution in [3.05, 3.63) is 0 Å². The van der Waals surface area contributed by atoms with Crippen molar-refractivity contribution >= 4 is 11.9 Å². The van der Waals surface area contributed by atoms with Crippen LogP contribution in [0.25, 0.3) is 0 Å². The summed E-state index contributed by atoms with van der Waals surface area (Å²) in [6, 6.07) is -0.492. The molecule has 2 atom stereocenters. The molecule has 0 radical (unpaired) electrons. The number of carbonyl (C=O) groups is 2. The molecule has 0 aromatic carbocycles. The van der Waals surface area contributed by atoms with Crippen LogP contribution in [0.15, 0.2) is 0 Å². The van der Waals surface area contributed by atoms with E-state index in [1.54, 1.807) is 0 Å². The van der Waals surface area contributed by atoms with E-state index in [-0.39, 0.29) is 24.8 Å². The molecule has 6 nitrogen and oxygen atoms in total. The molecule has 0 heterocycles. The highest BCUT2D eigenvalue weighted by molar-refractivity contribution is 5.82. The molecule has 4 N–H and O–H groups in total. The van der Waals surface area contributed by atoms with Gasteiger partial charge in [-0.25, -0.2) is 0 Å². The molecule has 0 fully saturated rings. The van der Waals surface area contributed by atoms with Gasteiger partial charge in [-0.2, -0.15) is 0 Å². The molecule has 0 saturated carbocycles. The number of carboxylic acid groups (broad SMARTS) is 1. The molecule has 1 amide bonds. The quantitative estimate of drug-likeness (QED) is 0.560. The standard InChI is InChI=1S/C13H27N3O3/c1-9(2)7-10(16(3)4)8-15-13(19)11(14)5-6-12(17)18/h9-11H,5-8,14H2,1-4H3,(H,15,19)(H,17,18). The lowest BCUT2D eigenvalue weighted by atomic mass is 10.0. The van der Waals surface area contributed by atoms with Gasteiger partial charge in [-0.3, -0.25) is 9.59 Å². The molecule has 112 valence electrons. The first-order valence-electron chi connectivity index (χ1n) is 6.65. The summed E-state index contributed by atoms with van der Waals surface area (Å²) in [6.45, 7) is 4.80. The molecule has 0 aromatic heterocycles. The van der Waals surface area contributed by atoms with Gasteiger partial charge in [-0.15, -0.1) is 0 Å². The van der Waals surface area contributed by atoms with Gasteiger partial charge in [-0.1, -0.05) is 13.8 Å². The van der Waals surface area contributed by atoms with E-state index in [9.17, 15) is 9.59 Å². The van der Waals surface area contributed by atoms with Crippen LogP contribution >= 0.6 is 0 Å². The predicted molar refractivity (Wildman–Crippen MR) is 74.8 cm³/mol. The Bertz CT molecular complexity index is 293. The maximum Gasteiger partial charge on any atom is 0.303 e. The summed E-state index contributed by atoms with van der Waals surface area (Å²) in [5, 5.41) is 11.3. The zero-order chi connectivity index (χ0) is 15.0. The zero-order valence-electron chi connectivity index (χ0n) is 12.3. The minimum absolute atomic E-state index is 0.0856. The molecule has 0 rings (SSSR count). The van der Waals surface area contributed by atoms with E-state index >= 15 is 0 Å². The fourth-order valence-corrected chi connectivity index (χ4v) is 1.78. The average Bonchev–Trinajstić information content (AvgIpc) is 2.29. The minimum atomic E-state index is -0.936. The summed E-state index contributed by atoms with van der Waals surface area (Å²) in [5.41, 5.74) is 5.64. The molecule has 19 heavy (non-hydrogen) atoms. The Morgan fingerprint density at radius 2 is 1.89 bits per heavy atom. The Kier molecular flexibility index (Phi) is 8.34. The van der Waals surface area contributed by atoms with Crippen molar-refractivity contribution in [2.45, 2.75) is 45.2 Å². The minimum Gasteiger partial charge on any atom is -0.481 e. The van der Waals surface area contributed by atoms with E-state index in [0.29, 0.717) is 12.5 Å². The van der Waals surface area contributed by atoms with Gasteiger partial charge in [0.05, 0.1) is 6.04 Å². The van der Waals surface area contributed by atoms with E-state index in [0.717, 1.165) is 6.42 Å². The fourth-order valence-electron chi connectivity index (χ4n) is 1.78. The number of aliphatic carboxylic acids is 1. The molecule has 6 heteroatoms. The van der Waals surface area contributed by atoms with Gasteiger partial charge in [0, 0.05) is 19.0 Å². The first-order valence-corrected chi connectivity index (χ1v) is 6.65. The second-order valence-corrected chi connectivity index (χ2v) is 5.53. The number of hydrogen-bond acceptors (Lipinski definition) is 4. The van der Waals surface area contributed by atoms with E-state index in [4.69, 9.17) is 10.8 Å². The maximum atomic E-state index is 11.7. The van der Waals surface area contributed by atoms with Crippen LogP contribution in [0.3, 0.4) is 0 Å². The summed E-state index contributed by atoms with van der Waals surface area (Å²) in [7, 11) is 3.95. The summed E-state index contributed by atoms with van der Waals surface area (Å²) in [5.74, 6) is -0.670. The topological polar surface area (TPSA) is 95.7 Å². The number of hydrogen-bond donors (Lipinski definition) is 3. The third kappa shape index (κ3) is 8.56. The first-order chi connectivity index (χ1) is 8.73. The summed E-state index contributed by atoms with van der Waals surface area (Å²) >= 11 is 0. The van der Waals surface area contributed by atoms with Crippen LogP contribution in [0.2, 0.25) is 0 Å². The number of carbonyl (C=O) groups excluding carboxylic acids is 1. The summed E-state index contributed by atoms with van der Waals surface area (Å²) in [6.07, 6.45) is 1.06. The van der Waals surface area contributed by atoms with Crippen molar-refractivity contribution in [3.63, 3.8) is 0 Å². The van der Waals surface area contributed by atoms with E-state index in [1.807, 2.05) is 14.1 Å². The lowest BCUT2D eigenvalue weighted by molar-refractivity contribution is -0.137. The normalized spacial score (nSPS) is 14.5. The Morgan fingerprint density at radius 3 is 2.32 bits per heavy atom. The molecule has 0 spiro atoms. The van der Waals surface area contributed by atoms with Crippen molar-refractivity contribution < 1.29 is 14.7 Å². The van der Waals surface area contributed by atoms with Crippen molar-refractivity contribution in [1.82, 2.24) is 10.2 Å². The smallest absolute Gasteiger partial charge is 0.303 e. The predicted octanol–water partition coefficient (Wildman–Crippen LogP) is 0.271. The van der Waals surface area contributed by atoms with Crippen LogP contribution in [0.1, 0.15) is 33.1 Å². The summed E-state index contributed by atoms with van der Waals surface area (Å²) < 4.78 is 0. The molecule has 0 bridgehead atoms. The van der Waals surface area contributed by atoms with Crippen molar-refractivity contribution in [2.24, 2.45) is 11.7 Å². The second-order valence-electron chi connectivity index (χ2n) is 5.53. The SMILES string of the molecule is CC(C)CC(CNC(=O)C(N)CCC(=O)O)N(C)C. The number of likely N-dealkylation sites (N-methyl/N-ethyl adjacent to an activating group) is 1. The lowest BCUT2D eigenvalue weighted by Gasteiger charge is -2.26. The molecule has 0 aliphatic rings. The van der Waals surface area contributed by atoms with Gasteiger partial charge >= 0.3 is 5.97 Å². The molecule has 2 unspecified atom stereocenters. The Morgan fingerprint density at radius 1 is 1.32 bits per heavy atom. The van der Waals surface area contributed by atoms with Crippen LogP contribution in [0.4, 0.5) is 0 Å². The number of carboxylic acids is 1. The summed E-state index contributed by atoms with van der Waals surface area (Å²) in [4.78, 5) is 24.2. The van der Waals surface area contributed by atoms with Crippen LogP contribution < -0.4 is 11.1 Å². The van der Waals surface area contributed by atoms with Gasteiger partial charge < -0.3 is 21.1 Å². The van der Waals surface area contributed by atoms with Crippen LogP contribution in [0.5, 0.6) is 0 Å². The number of amides is 1. The highest BCUT2D eigenvalue weighted by Gasteiger charge is 2.18. The molecule has 0 aliphatic carbocycles. The number of nitrogens with one attached hydrogen (secondary N) is 1. The van der Waals surface area contributed by atoms with E-state index in [1.165, 1.54) is 0 Å². The Hall–Kier alpha value is -1.14. The van der Waals surface area contributed by atoms with Crippen LogP contribution in [-0.4, -0.2) is 54.6 Å². The van der Waals surface area contributed by atoms with E-state index < -0.39 is 12.0 Å². The van der Waals surface area contributed by atoms with Gasteiger partial charge in [-0.05, 0) is 32.9 Å². The third-order valence-electron chi connectivity index (χ3n) is 2.99. The first kappa shape index (κ1) is 17.9. The van der Waals surface area contributed by atoms with Crippen LogP contribution in [-0.2, 0) is 9.59 Å². The fraction of sp³-hybridized carbons (Fsp3) is 0.846. The largest absolute Gasteiger partial charge is 0.481 e. The molecule has 0 aromatic rings. The third-order valence-corrected chi connectivity index (χ3v) is 2.99. The number of rotatable bonds is 9. The average molecular weight is 273 g/mol. The molecular formula is C13H27N3O3. The van der Waals surface area contributed by atoms with Gasteiger partial charge in [0.25, 0.3) is 0 Å². The lowest BCUT2D eigenvalue weighted by Crippen LogP contribution is -2.46. The maximum absolute atomic E-state index is 11.7. The highest BCUT2D eigenvalue weighted by atomic mass is 16.4.